The first-order chi connectivity index (χ1) is 22.3. The third-order valence-corrected chi connectivity index (χ3v) is 10.5. The second-order valence-corrected chi connectivity index (χ2v) is 12.8. The zero-order valence-electron chi connectivity index (χ0n) is 24.3. The van der Waals surface area contributed by atoms with Gasteiger partial charge in [-0.05, 0) is 53.6 Å². The van der Waals surface area contributed by atoms with Crippen molar-refractivity contribution in [2.45, 2.75) is 0 Å². The van der Waals surface area contributed by atoms with Crippen LogP contribution in [-0.4, -0.2) is 4.40 Å². The van der Waals surface area contributed by atoms with E-state index in [1.807, 2.05) is 11.3 Å². The maximum atomic E-state index is 2.50. The third kappa shape index (κ3) is 3.50. The molecule has 0 spiro atoms. The molecule has 0 aliphatic heterocycles. The number of hydrogen-bond donors (Lipinski definition) is 0. The predicted octanol–water partition coefficient (Wildman–Crippen LogP) is 12.3. The van der Waals surface area contributed by atoms with Gasteiger partial charge in [-0.2, -0.15) is 0 Å². The maximum absolute atomic E-state index is 2.50. The number of hydrogen-bond acceptors (Lipinski definition) is 2. The molecule has 3 aromatic heterocycles. The molecule has 7 aromatic carbocycles. The average molecular weight is 591 g/mol. The standard InChI is InChI=1S/C42H26N2S/c1-2-11-27(12-3-1)28-23-25-29(26-24-28)43(36-19-10-22-39-40(36)34-14-5-7-21-38(34)45-39)37-20-9-17-33-32-16-8-15-31-30-13-4-6-18-35(30)44(41(31)32)42(33)37/h1-26H. The van der Waals surface area contributed by atoms with Crippen LogP contribution in [0.15, 0.2) is 158 Å². The lowest BCUT2D eigenvalue weighted by Crippen LogP contribution is -2.11. The lowest BCUT2D eigenvalue weighted by Gasteiger charge is -2.27. The van der Waals surface area contributed by atoms with Crippen LogP contribution in [0.3, 0.4) is 0 Å². The van der Waals surface area contributed by atoms with Crippen molar-refractivity contribution >= 4 is 86.7 Å². The number of aromatic nitrogens is 1. The first-order valence-electron chi connectivity index (χ1n) is 15.4. The molecule has 0 saturated heterocycles. The molecule has 0 atom stereocenters. The largest absolute Gasteiger partial charge is 0.308 e. The Kier molecular flexibility index (Phi) is 5.19. The molecular weight excluding hydrogens is 565 g/mol. The van der Waals surface area contributed by atoms with E-state index in [9.17, 15) is 0 Å². The molecule has 0 aliphatic rings. The number of rotatable bonds is 4. The zero-order valence-corrected chi connectivity index (χ0v) is 25.1. The van der Waals surface area contributed by atoms with Crippen molar-refractivity contribution in [2.75, 3.05) is 4.90 Å². The van der Waals surface area contributed by atoms with Crippen LogP contribution in [0.25, 0.3) is 69.4 Å². The van der Waals surface area contributed by atoms with Crippen molar-refractivity contribution in [2.24, 2.45) is 0 Å². The summed E-state index contributed by atoms with van der Waals surface area (Å²) in [6.07, 6.45) is 0. The van der Waals surface area contributed by atoms with Gasteiger partial charge in [-0.25, -0.2) is 0 Å². The van der Waals surface area contributed by atoms with Crippen LogP contribution in [0.5, 0.6) is 0 Å². The van der Waals surface area contributed by atoms with Crippen molar-refractivity contribution in [1.29, 1.82) is 0 Å². The Bertz CT molecular complexity index is 2700. The summed E-state index contributed by atoms with van der Waals surface area (Å²) >= 11 is 1.87. The van der Waals surface area contributed by atoms with Crippen molar-refractivity contribution in [1.82, 2.24) is 4.40 Å². The Balaban J connectivity index is 1.33. The minimum absolute atomic E-state index is 1.13. The highest BCUT2D eigenvalue weighted by molar-refractivity contribution is 7.26. The second kappa shape index (κ2) is 9.43. The van der Waals surface area contributed by atoms with Crippen LogP contribution in [0.2, 0.25) is 0 Å². The highest BCUT2D eigenvalue weighted by atomic mass is 32.1. The third-order valence-electron chi connectivity index (χ3n) is 9.32. The summed E-state index contributed by atoms with van der Waals surface area (Å²) in [7, 11) is 0. The SMILES string of the molecule is c1ccc(-c2ccc(N(c3cccc4sc5ccccc5c34)c3cccc4c5cccc6c7ccccc7n(c34)c65)cc2)cc1. The fraction of sp³-hybridized carbons (Fsp3) is 0. The van der Waals surface area contributed by atoms with Gasteiger partial charge >= 0.3 is 0 Å². The molecule has 0 fully saturated rings. The lowest BCUT2D eigenvalue weighted by molar-refractivity contribution is 1.28. The summed E-state index contributed by atoms with van der Waals surface area (Å²) in [6, 6.07) is 57.6. The fourth-order valence-electron chi connectivity index (χ4n) is 7.42. The fourth-order valence-corrected chi connectivity index (χ4v) is 8.54. The van der Waals surface area contributed by atoms with Crippen LogP contribution in [0.1, 0.15) is 0 Å². The van der Waals surface area contributed by atoms with Gasteiger partial charge in [-0.3, -0.25) is 0 Å². The zero-order chi connectivity index (χ0) is 29.5. The summed E-state index contributed by atoms with van der Waals surface area (Å²) in [5, 5.41) is 7.74. The first kappa shape index (κ1) is 24.8. The Morgan fingerprint density at radius 2 is 0.978 bits per heavy atom. The smallest absolute Gasteiger partial charge is 0.0782 e. The summed E-state index contributed by atoms with van der Waals surface area (Å²) in [5.74, 6) is 0. The number of benzene rings is 7. The first-order valence-corrected chi connectivity index (χ1v) is 16.2. The molecule has 0 bridgehead atoms. The van der Waals surface area contributed by atoms with Gasteiger partial charge in [-0.15, -0.1) is 11.3 Å². The van der Waals surface area contributed by atoms with Crippen LogP contribution in [0, 0.1) is 0 Å². The molecule has 0 N–H and O–H groups in total. The highest BCUT2D eigenvalue weighted by Crippen LogP contribution is 2.49. The van der Waals surface area contributed by atoms with Gasteiger partial charge < -0.3 is 9.30 Å². The topological polar surface area (TPSA) is 7.65 Å². The molecule has 3 heteroatoms. The summed E-state index contributed by atoms with van der Waals surface area (Å²) < 4.78 is 5.11. The number of nitrogens with zero attached hydrogens (tertiary/aromatic N) is 2. The molecule has 0 radical (unpaired) electrons. The Morgan fingerprint density at radius 1 is 0.400 bits per heavy atom. The van der Waals surface area contributed by atoms with E-state index < -0.39 is 0 Å². The van der Waals surface area contributed by atoms with Crippen LogP contribution in [-0.2, 0) is 0 Å². The van der Waals surface area contributed by atoms with Gasteiger partial charge in [0.1, 0.15) is 0 Å². The molecule has 10 aromatic rings. The van der Waals surface area contributed by atoms with Gasteiger partial charge in [0.25, 0.3) is 0 Å². The van der Waals surface area contributed by atoms with Gasteiger partial charge in [0.05, 0.1) is 27.9 Å². The molecule has 10 rings (SSSR count). The summed E-state index contributed by atoms with van der Waals surface area (Å²) in [4.78, 5) is 2.49. The Labute approximate surface area is 264 Å². The number of para-hydroxylation sites is 3. The molecule has 0 saturated carbocycles. The second-order valence-electron chi connectivity index (χ2n) is 11.7. The summed E-state index contributed by atoms with van der Waals surface area (Å²) in [6.45, 7) is 0. The van der Waals surface area contributed by atoms with Crippen LogP contribution < -0.4 is 4.90 Å². The van der Waals surface area contributed by atoms with E-state index in [-0.39, 0.29) is 0 Å². The quantitative estimate of drug-likeness (QED) is 0.198. The van der Waals surface area contributed by atoms with E-state index >= 15 is 0 Å². The molecule has 0 unspecified atom stereocenters. The molecule has 210 valence electrons. The molecule has 2 nitrogen and oxygen atoms in total. The van der Waals surface area contributed by atoms with E-state index in [0.717, 1.165) is 5.69 Å². The number of fused-ring (bicyclic) bond motifs is 9. The molecule has 0 amide bonds. The van der Waals surface area contributed by atoms with Gasteiger partial charge in [0, 0.05) is 47.4 Å². The maximum Gasteiger partial charge on any atom is 0.0782 e. The highest BCUT2D eigenvalue weighted by Gasteiger charge is 2.24. The molecule has 45 heavy (non-hydrogen) atoms. The molecule has 3 heterocycles. The Hall–Kier alpha value is -5.64. The van der Waals surface area contributed by atoms with Crippen molar-refractivity contribution in [3.63, 3.8) is 0 Å². The van der Waals surface area contributed by atoms with Gasteiger partial charge in [-0.1, -0.05) is 115 Å². The lowest BCUT2D eigenvalue weighted by atomic mass is 10.0. The van der Waals surface area contributed by atoms with Gasteiger partial charge in [0.2, 0.25) is 0 Å². The minimum atomic E-state index is 1.13. The minimum Gasteiger partial charge on any atom is -0.308 e. The summed E-state index contributed by atoms with van der Waals surface area (Å²) in [5.41, 5.74) is 9.68. The number of anilines is 3. The van der Waals surface area contributed by atoms with Crippen molar-refractivity contribution in [3.05, 3.63) is 158 Å². The predicted molar refractivity (Wildman–Crippen MR) is 194 cm³/mol. The molecular formula is C42H26N2S. The van der Waals surface area contributed by atoms with E-state index in [2.05, 4.69) is 167 Å². The average Bonchev–Trinajstić information content (AvgIpc) is 3.77. The van der Waals surface area contributed by atoms with Gasteiger partial charge in [0.15, 0.2) is 0 Å². The van der Waals surface area contributed by atoms with Crippen molar-refractivity contribution < 1.29 is 0 Å². The van der Waals surface area contributed by atoms with E-state index in [4.69, 9.17) is 0 Å². The van der Waals surface area contributed by atoms with E-state index in [0.29, 0.717) is 0 Å². The van der Waals surface area contributed by atoms with Crippen LogP contribution >= 0.6 is 11.3 Å². The monoisotopic (exact) mass is 590 g/mol. The van der Waals surface area contributed by atoms with E-state index in [1.165, 1.54) is 80.8 Å². The van der Waals surface area contributed by atoms with Crippen LogP contribution in [0.4, 0.5) is 17.1 Å². The molecule has 0 aliphatic carbocycles. The van der Waals surface area contributed by atoms with Crippen molar-refractivity contribution in [3.8, 4) is 11.1 Å². The normalized spacial score (nSPS) is 12.0. The number of thiophene rings is 1. The Morgan fingerprint density at radius 3 is 1.82 bits per heavy atom. The van der Waals surface area contributed by atoms with E-state index in [1.54, 1.807) is 0 Å².